The van der Waals surface area contributed by atoms with Crippen LogP contribution in [0.4, 0.5) is 0 Å². The molecule has 0 aromatic heterocycles. The molecule has 0 aromatic carbocycles. The fourth-order valence-electron chi connectivity index (χ4n) is 1.04. The number of nitrogens with zero attached hydrogens (tertiary/aromatic N) is 1. The van der Waals surface area contributed by atoms with Gasteiger partial charge < -0.3 is 20.1 Å². The molecule has 0 radical (unpaired) electrons. The van der Waals surface area contributed by atoms with Gasteiger partial charge in [0.05, 0.1) is 18.9 Å². The molecule has 3 N–H and O–H groups in total. The Hall–Kier alpha value is -2.14. The van der Waals surface area contributed by atoms with Crippen LogP contribution in [0.15, 0.2) is 0 Å². The standard InChI is InChI=1S/C8H9NO7/c9-1-2-16-8(7(14)15,3-5(10)11)4-6(12)13/h2-4H2,(H,10,11)(H,12,13)(H,14,15). The average molecular weight is 231 g/mol. The summed E-state index contributed by atoms with van der Waals surface area (Å²) in [5.74, 6) is -4.78. The Morgan fingerprint density at radius 1 is 1.12 bits per heavy atom. The molecule has 8 nitrogen and oxygen atoms in total. The number of aliphatic carboxylic acids is 3. The topological polar surface area (TPSA) is 145 Å². The van der Waals surface area contributed by atoms with Crippen molar-refractivity contribution in [1.29, 1.82) is 5.26 Å². The second-order valence-electron chi connectivity index (χ2n) is 2.89. The number of rotatable bonds is 7. The van der Waals surface area contributed by atoms with Crippen LogP contribution in [-0.2, 0) is 19.1 Å². The van der Waals surface area contributed by atoms with Crippen molar-refractivity contribution in [2.24, 2.45) is 0 Å². The summed E-state index contributed by atoms with van der Waals surface area (Å²) in [6.07, 6.45) is -2.06. The van der Waals surface area contributed by atoms with Gasteiger partial charge in [0.2, 0.25) is 0 Å². The van der Waals surface area contributed by atoms with Crippen LogP contribution < -0.4 is 0 Å². The lowest BCUT2D eigenvalue weighted by molar-refractivity contribution is -0.176. The summed E-state index contributed by atoms with van der Waals surface area (Å²) >= 11 is 0. The zero-order valence-electron chi connectivity index (χ0n) is 8.04. The molecule has 0 fully saturated rings. The minimum Gasteiger partial charge on any atom is -0.481 e. The van der Waals surface area contributed by atoms with Crippen LogP contribution in [0.2, 0.25) is 0 Å². The third-order valence-electron chi connectivity index (χ3n) is 1.68. The van der Waals surface area contributed by atoms with Crippen LogP contribution in [0.25, 0.3) is 0 Å². The van der Waals surface area contributed by atoms with Crippen LogP contribution in [-0.4, -0.2) is 45.4 Å². The van der Waals surface area contributed by atoms with E-state index in [-0.39, 0.29) is 0 Å². The van der Waals surface area contributed by atoms with E-state index in [0.717, 1.165) is 0 Å². The molecule has 0 aliphatic heterocycles. The van der Waals surface area contributed by atoms with Crippen molar-refractivity contribution in [2.45, 2.75) is 18.4 Å². The first-order chi connectivity index (χ1) is 7.34. The number of nitriles is 1. The van der Waals surface area contributed by atoms with E-state index >= 15 is 0 Å². The maximum absolute atomic E-state index is 10.8. The third-order valence-corrected chi connectivity index (χ3v) is 1.68. The monoisotopic (exact) mass is 231 g/mol. The van der Waals surface area contributed by atoms with E-state index in [1.165, 1.54) is 6.07 Å². The Balaban J connectivity index is 5.04. The molecular weight excluding hydrogens is 222 g/mol. The molecule has 0 amide bonds. The van der Waals surface area contributed by atoms with Gasteiger partial charge in [-0.15, -0.1) is 0 Å². The SMILES string of the molecule is N#CCOC(CC(=O)O)(CC(=O)O)C(=O)O. The molecule has 0 saturated carbocycles. The highest BCUT2D eigenvalue weighted by Crippen LogP contribution is 2.21. The summed E-state index contributed by atoms with van der Waals surface area (Å²) in [5, 5.41) is 34.0. The van der Waals surface area contributed by atoms with Gasteiger partial charge in [0.15, 0.2) is 5.60 Å². The van der Waals surface area contributed by atoms with Crippen molar-refractivity contribution in [3.63, 3.8) is 0 Å². The Labute approximate surface area is 89.7 Å². The van der Waals surface area contributed by atoms with Crippen LogP contribution in [0.1, 0.15) is 12.8 Å². The smallest absolute Gasteiger partial charge is 0.337 e. The molecule has 0 aliphatic carbocycles. The zero-order valence-corrected chi connectivity index (χ0v) is 8.04. The summed E-state index contributed by atoms with van der Waals surface area (Å²) in [6.45, 7) is -0.702. The second kappa shape index (κ2) is 5.67. The Morgan fingerprint density at radius 3 is 1.81 bits per heavy atom. The maximum atomic E-state index is 10.8. The molecule has 0 rings (SSSR count). The van der Waals surface area contributed by atoms with Gasteiger partial charge in [0, 0.05) is 0 Å². The van der Waals surface area contributed by atoms with Crippen molar-refractivity contribution >= 4 is 17.9 Å². The largest absolute Gasteiger partial charge is 0.481 e. The quantitative estimate of drug-likeness (QED) is 0.521. The van der Waals surface area contributed by atoms with E-state index in [1.807, 2.05) is 0 Å². The van der Waals surface area contributed by atoms with Gasteiger partial charge in [0.25, 0.3) is 0 Å². The number of hydrogen-bond acceptors (Lipinski definition) is 5. The summed E-state index contributed by atoms with van der Waals surface area (Å²) in [6, 6.07) is 1.45. The predicted molar refractivity (Wildman–Crippen MR) is 46.4 cm³/mol. The normalized spacial score (nSPS) is 10.4. The van der Waals surface area contributed by atoms with E-state index in [9.17, 15) is 14.4 Å². The van der Waals surface area contributed by atoms with Crippen molar-refractivity contribution < 1.29 is 34.4 Å². The van der Waals surface area contributed by atoms with Gasteiger partial charge in [0.1, 0.15) is 6.61 Å². The van der Waals surface area contributed by atoms with Crippen molar-refractivity contribution in [3.05, 3.63) is 0 Å². The number of carboxylic acid groups (broad SMARTS) is 3. The lowest BCUT2D eigenvalue weighted by Crippen LogP contribution is -2.45. The average Bonchev–Trinajstić information content (AvgIpc) is 2.11. The first-order valence-corrected chi connectivity index (χ1v) is 4.02. The lowest BCUT2D eigenvalue weighted by atomic mass is 9.95. The van der Waals surface area contributed by atoms with E-state index in [0.29, 0.717) is 0 Å². The van der Waals surface area contributed by atoms with Gasteiger partial charge in [-0.25, -0.2) is 4.79 Å². The van der Waals surface area contributed by atoms with Crippen LogP contribution >= 0.6 is 0 Å². The van der Waals surface area contributed by atoms with Crippen molar-refractivity contribution in [1.82, 2.24) is 0 Å². The molecule has 0 bridgehead atoms. The molecule has 16 heavy (non-hydrogen) atoms. The number of carboxylic acids is 3. The minimum atomic E-state index is -2.41. The summed E-state index contributed by atoms with van der Waals surface area (Å²) < 4.78 is 4.54. The predicted octanol–water partition coefficient (Wildman–Crippen LogP) is -0.701. The maximum Gasteiger partial charge on any atom is 0.337 e. The second-order valence-corrected chi connectivity index (χ2v) is 2.89. The van der Waals surface area contributed by atoms with Crippen molar-refractivity contribution in [3.8, 4) is 6.07 Å². The van der Waals surface area contributed by atoms with E-state index in [1.54, 1.807) is 0 Å². The number of ether oxygens (including phenoxy) is 1. The summed E-state index contributed by atoms with van der Waals surface area (Å²) in [7, 11) is 0. The van der Waals surface area contributed by atoms with E-state index in [2.05, 4.69) is 4.74 Å². The molecule has 0 unspecified atom stereocenters. The molecule has 0 atom stereocenters. The van der Waals surface area contributed by atoms with Gasteiger partial charge in [-0.2, -0.15) is 5.26 Å². The highest BCUT2D eigenvalue weighted by atomic mass is 16.5. The summed E-state index contributed by atoms with van der Waals surface area (Å²) in [4.78, 5) is 31.7. The molecule has 0 aromatic rings. The Kier molecular flexibility index (Phi) is 4.91. The van der Waals surface area contributed by atoms with E-state index < -0.39 is 43.0 Å². The van der Waals surface area contributed by atoms with Gasteiger partial charge in [-0.05, 0) is 0 Å². The molecule has 8 heteroatoms. The Morgan fingerprint density at radius 2 is 1.56 bits per heavy atom. The molecule has 0 heterocycles. The van der Waals surface area contributed by atoms with Crippen molar-refractivity contribution in [2.75, 3.05) is 6.61 Å². The van der Waals surface area contributed by atoms with Crippen LogP contribution in [0, 0.1) is 11.3 Å². The van der Waals surface area contributed by atoms with Crippen LogP contribution in [0.3, 0.4) is 0 Å². The fourth-order valence-corrected chi connectivity index (χ4v) is 1.04. The van der Waals surface area contributed by atoms with Gasteiger partial charge >= 0.3 is 17.9 Å². The van der Waals surface area contributed by atoms with E-state index in [4.69, 9.17) is 20.6 Å². The highest BCUT2D eigenvalue weighted by molar-refractivity contribution is 5.88. The molecule has 0 spiro atoms. The summed E-state index contributed by atoms with van der Waals surface area (Å²) in [5.41, 5.74) is -2.41. The minimum absolute atomic E-state index is 0.702. The molecule has 0 aliphatic rings. The zero-order chi connectivity index (χ0) is 12.8. The lowest BCUT2D eigenvalue weighted by Gasteiger charge is -2.24. The third kappa shape index (κ3) is 3.93. The number of hydrogen-bond donors (Lipinski definition) is 3. The Bertz CT molecular complexity index is 327. The highest BCUT2D eigenvalue weighted by Gasteiger charge is 2.44. The number of carbonyl (C=O) groups is 3. The molecule has 0 saturated heterocycles. The fraction of sp³-hybridized carbons (Fsp3) is 0.500. The van der Waals surface area contributed by atoms with Gasteiger partial charge in [-0.1, -0.05) is 0 Å². The molecular formula is C8H9NO7. The van der Waals surface area contributed by atoms with Gasteiger partial charge in [-0.3, -0.25) is 9.59 Å². The van der Waals surface area contributed by atoms with Crippen LogP contribution in [0.5, 0.6) is 0 Å². The first-order valence-electron chi connectivity index (χ1n) is 4.02. The first kappa shape index (κ1) is 13.9. The molecule has 88 valence electrons.